The van der Waals surface area contributed by atoms with Gasteiger partial charge in [0.1, 0.15) is 5.41 Å². The summed E-state index contributed by atoms with van der Waals surface area (Å²) in [5.41, 5.74) is -0.705. The lowest BCUT2D eigenvalue weighted by Gasteiger charge is -2.24. The Labute approximate surface area is 107 Å². The molecule has 0 aromatic rings. The van der Waals surface area contributed by atoms with E-state index >= 15 is 0 Å². The van der Waals surface area contributed by atoms with E-state index < -0.39 is 5.41 Å². The number of nitrogens with zero attached hydrogens (tertiary/aromatic N) is 1. The highest BCUT2D eigenvalue weighted by molar-refractivity contribution is 7.99. The van der Waals surface area contributed by atoms with Gasteiger partial charge < -0.3 is 5.32 Å². The van der Waals surface area contributed by atoms with Gasteiger partial charge in [0.2, 0.25) is 5.91 Å². The van der Waals surface area contributed by atoms with Crippen LogP contribution in [0, 0.1) is 22.7 Å². The monoisotopic (exact) mass is 252 g/mol. The van der Waals surface area contributed by atoms with Crippen molar-refractivity contribution in [2.75, 3.05) is 18.1 Å². The summed E-state index contributed by atoms with van der Waals surface area (Å²) in [5, 5.41) is 12.2. The number of nitrogens with one attached hydrogen (secondary N) is 1. The Morgan fingerprint density at radius 1 is 1.35 bits per heavy atom. The number of hydrogen-bond donors (Lipinski definition) is 1. The van der Waals surface area contributed by atoms with Gasteiger partial charge in [-0.1, -0.05) is 12.8 Å². The Hall–Kier alpha value is -0.690. The van der Waals surface area contributed by atoms with E-state index in [1.54, 1.807) is 0 Å². The smallest absolute Gasteiger partial charge is 0.240 e. The maximum atomic E-state index is 12.1. The summed E-state index contributed by atoms with van der Waals surface area (Å²) in [6, 6.07) is 2.25. The number of rotatable bonds is 3. The predicted octanol–water partition coefficient (Wildman–Crippen LogP) is 2.33. The summed E-state index contributed by atoms with van der Waals surface area (Å²) in [5.74, 6) is 3.03. The minimum absolute atomic E-state index is 0.0178. The normalized spacial score (nSPS) is 24.2. The van der Waals surface area contributed by atoms with E-state index in [2.05, 4.69) is 11.4 Å². The number of nitriles is 1. The molecule has 1 saturated carbocycles. The van der Waals surface area contributed by atoms with E-state index in [0.29, 0.717) is 5.92 Å². The Balaban J connectivity index is 1.82. The van der Waals surface area contributed by atoms with Crippen molar-refractivity contribution in [1.82, 2.24) is 5.32 Å². The van der Waals surface area contributed by atoms with Gasteiger partial charge in [0.05, 0.1) is 6.07 Å². The zero-order valence-electron chi connectivity index (χ0n) is 10.2. The van der Waals surface area contributed by atoms with Gasteiger partial charge in [-0.05, 0) is 43.1 Å². The summed E-state index contributed by atoms with van der Waals surface area (Å²) in [7, 11) is 0. The van der Waals surface area contributed by atoms with Crippen LogP contribution in [0.4, 0.5) is 0 Å². The van der Waals surface area contributed by atoms with Crippen LogP contribution in [0.15, 0.2) is 0 Å². The molecule has 94 valence electrons. The average Bonchev–Trinajstić information content (AvgIpc) is 2.87. The maximum absolute atomic E-state index is 12.1. The third-order valence-electron chi connectivity index (χ3n) is 4.00. The molecule has 2 rings (SSSR count). The van der Waals surface area contributed by atoms with Crippen molar-refractivity contribution in [3.63, 3.8) is 0 Å². The van der Waals surface area contributed by atoms with Gasteiger partial charge in [0, 0.05) is 6.54 Å². The van der Waals surface area contributed by atoms with Gasteiger partial charge in [-0.25, -0.2) is 0 Å². The quantitative estimate of drug-likeness (QED) is 0.838. The second-order valence-corrected chi connectivity index (χ2v) is 6.39. The summed E-state index contributed by atoms with van der Waals surface area (Å²) >= 11 is 2.00. The molecule has 0 aromatic carbocycles. The van der Waals surface area contributed by atoms with Crippen molar-refractivity contribution in [2.24, 2.45) is 11.3 Å². The van der Waals surface area contributed by atoms with E-state index in [-0.39, 0.29) is 5.91 Å². The zero-order chi connectivity index (χ0) is 12.1. The fraction of sp³-hybridized carbons (Fsp3) is 0.846. The molecule has 1 heterocycles. The Bertz CT molecular complexity index is 312. The first-order valence-electron chi connectivity index (χ1n) is 6.54. The molecular weight excluding hydrogens is 232 g/mol. The predicted molar refractivity (Wildman–Crippen MR) is 69.6 cm³/mol. The Morgan fingerprint density at radius 2 is 2.00 bits per heavy atom. The van der Waals surface area contributed by atoms with Crippen LogP contribution in [0.2, 0.25) is 0 Å². The Kier molecular flexibility index (Phi) is 4.33. The lowest BCUT2D eigenvalue weighted by atomic mass is 9.87. The largest absolute Gasteiger partial charge is 0.354 e. The number of carbonyl (C=O) groups is 1. The number of carbonyl (C=O) groups excluding carboxylic acids is 1. The van der Waals surface area contributed by atoms with E-state index in [0.717, 1.165) is 32.2 Å². The van der Waals surface area contributed by atoms with Crippen LogP contribution in [-0.2, 0) is 4.79 Å². The first-order chi connectivity index (χ1) is 8.27. The molecule has 1 aliphatic heterocycles. The van der Waals surface area contributed by atoms with Crippen LogP contribution in [0.1, 0.15) is 38.5 Å². The van der Waals surface area contributed by atoms with Gasteiger partial charge in [-0.2, -0.15) is 17.0 Å². The first kappa shape index (κ1) is 12.8. The maximum Gasteiger partial charge on any atom is 0.240 e. The van der Waals surface area contributed by atoms with Gasteiger partial charge in [0.15, 0.2) is 0 Å². The van der Waals surface area contributed by atoms with Gasteiger partial charge >= 0.3 is 0 Å². The first-order valence-corrected chi connectivity index (χ1v) is 7.70. The van der Waals surface area contributed by atoms with Crippen molar-refractivity contribution in [1.29, 1.82) is 5.26 Å². The minimum Gasteiger partial charge on any atom is -0.354 e. The molecule has 0 spiro atoms. The van der Waals surface area contributed by atoms with E-state index in [9.17, 15) is 10.1 Å². The van der Waals surface area contributed by atoms with Crippen molar-refractivity contribution in [3.8, 4) is 6.07 Å². The molecule has 1 amide bonds. The van der Waals surface area contributed by atoms with Crippen molar-refractivity contribution in [2.45, 2.75) is 38.5 Å². The van der Waals surface area contributed by atoms with E-state index in [1.807, 2.05) is 11.8 Å². The van der Waals surface area contributed by atoms with Crippen LogP contribution in [-0.4, -0.2) is 24.0 Å². The second-order valence-electron chi connectivity index (χ2n) is 5.17. The lowest BCUT2D eigenvalue weighted by Crippen LogP contribution is -2.41. The number of hydrogen-bond acceptors (Lipinski definition) is 3. The highest BCUT2D eigenvalue weighted by atomic mass is 32.2. The lowest BCUT2D eigenvalue weighted by molar-refractivity contribution is -0.128. The molecule has 1 N–H and O–H groups in total. The highest BCUT2D eigenvalue weighted by Gasteiger charge is 2.41. The van der Waals surface area contributed by atoms with Crippen LogP contribution in [0.5, 0.6) is 0 Å². The molecule has 1 saturated heterocycles. The molecule has 1 aliphatic carbocycles. The molecule has 0 unspecified atom stereocenters. The SMILES string of the molecule is N#CC1(C(=O)NCC2CCSCC2)CCCC1. The molecule has 0 bridgehead atoms. The molecule has 2 fully saturated rings. The summed E-state index contributed by atoms with van der Waals surface area (Å²) in [4.78, 5) is 12.1. The summed E-state index contributed by atoms with van der Waals surface area (Å²) in [6.07, 6.45) is 5.92. The van der Waals surface area contributed by atoms with Gasteiger partial charge in [-0.3, -0.25) is 4.79 Å². The van der Waals surface area contributed by atoms with Gasteiger partial charge in [0.25, 0.3) is 0 Å². The standard InChI is InChI=1S/C13H20N2OS/c14-10-13(5-1-2-6-13)12(16)15-9-11-3-7-17-8-4-11/h11H,1-9H2,(H,15,16). The Morgan fingerprint density at radius 3 is 2.59 bits per heavy atom. The molecule has 4 heteroatoms. The van der Waals surface area contributed by atoms with Crippen LogP contribution < -0.4 is 5.32 Å². The second kappa shape index (κ2) is 5.77. The highest BCUT2D eigenvalue weighted by Crippen LogP contribution is 2.37. The number of amides is 1. The molecule has 3 nitrogen and oxygen atoms in total. The summed E-state index contributed by atoms with van der Waals surface area (Å²) in [6.45, 7) is 0.767. The topological polar surface area (TPSA) is 52.9 Å². The zero-order valence-corrected chi connectivity index (χ0v) is 11.0. The van der Waals surface area contributed by atoms with E-state index in [4.69, 9.17) is 0 Å². The molecule has 0 aromatic heterocycles. The van der Waals surface area contributed by atoms with Crippen LogP contribution in [0.25, 0.3) is 0 Å². The molecule has 0 radical (unpaired) electrons. The minimum atomic E-state index is -0.705. The van der Waals surface area contributed by atoms with Crippen LogP contribution in [0.3, 0.4) is 0 Å². The number of thioether (sulfide) groups is 1. The van der Waals surface area contributed by atoms with Gasteiger partial charge in [-0.15, -0.1) is 0 Å². The van der Waals surface area contributed by atoms with Crippen molar-refractivity contribution >= 4 is 17.7 Å². The average molecular weight is 252 g/mol. The van der Waals surface area contributed by atoms with Crippen LogP contribution >= 0.6 is 11.8 Å². The molecule has 0 atom stereocenters. The fourth-order valence-electron chi connectivity index (χ4n) is 2.72. The third-order valence-corrected chi connectivity index (χ3v) is 5.05. The third kappa shape index (κ3) is 2.95. The van der Waals surface area contributed by atoms with Crippen molar-refractivity contribution in [3.05, 3.63) is 0 Å². The molecular formula is C13H20N2OS. The van der Waals surface area contributed by atoms with Crippen molar-refractivity contribution < 1.29 is 4.79 Å². The molecule has 17 heavy (non-hydrogen) atoms. The fourth-order valence-corrected chi connectivity index (χ4v) is 3.93. The molecule has 2 aliphatic rings. The van der Waals surface area contributed by atoms with E-state index in [1.165, 1.54) is 24.3 Å². The summed E-state index contributed by atoms with van der Waals surface area (Å²) < 4.78 is 0.